The van der Waals surface area contributed by atoms with Gasteiger partial charge in [-0.3, -0.25) is 4.79 Å². The summed E-state index contributed by atoms with van der Waals surface area (Å²) in [6.07, 6.45) is 0. The molecule has 8 heteroatoms. The van der Waals surface area contributed by atoms with Crippen LogP contribution in [0.1, 0.15) is 4.88 Å². The molecule has 0 radical (unpaired) electrons. The lowest BCUT2D eigenvalue weighted by Gasteiger charge is -2.09. The highest BCUT2D eigenvalue weighted by Gasteiger charge is 2.07. The number of hydrogen-bond donors (Lipinski definition) is 2. The third-order valence-corrected chi connectivity index (χ3v) is 3.66. The van der Waals surface area contributed by atoms with Crippen molar-refractivity contribution in [3.8, 4) is 11.5 Å². The topological polar surface area (TPSA) is 95.2 Å². The number of methoxy groups -OCH3 is 2. The van der Waals surface area contributed by atoms with Crippen LogP contribution in [0.25, 0.3) is 0 Å². The van der Waals surface area contributed by atoms with E-state index in [4.69, 9.17) is 20.0 Å². The van der Waals surface area contributed by atoms with Gasteiger partial charge in [-0.2, -0.15) is 0 Å². The normalized spacial score (nSPS) is 11.0. The number of oxime groups is 1. The molecule has 7 nitrogen and oxygen atoms in total. The van der Waals surface area contributed by atoms with Crippen molar-refractivity contribution in [2.45, 2.75) is 0 Å². The number of hydrogen-bond acceptors (Lipinski definition) is 6. The van der Waals surface area contributed by atoms with E-state index >= 15 is 0 Å². The number of amides is 1. The number of benzene rings is 1. The van der Waals surface area contributed by atoms with Crippen LogP contribution in [0.4, 0.5) is 5.69 Å². The Morgan fingerprint density at radius 3 is 2.52 bits per heavy atom. The van der Waals surface area contributed by atoms with Crippen molar-refractivity contribution in [2.75, 3.05) is 26.1 Å². The second-order valence-corrected chi connectivity index (χ2v) is 5.32. The third-order valence-electron chi connectivity index (χ3n) is 2.77. The molecule has 1 aromatic heterocycles. The highest BCUT2D eigenvalue weighted by molar-refractivity contribution is 7.12. The van der Waals surface area contributed by atoms with Crippen molar-refractivity contribution in [1.29, 1.82) is 0 Å². The highest BCUT2D eigenvalue weighted by atomic mass is 32.1. The zero-order chi connectivity index (χ0) is 16.7. The molecule has 0 saturated heterocycles. The highest BCUT2D eigenvalue weighted by Crippen LogP contribution is 2.25. The van der Waals surface area contributed by atoms with Crippen molar-refractivity contribution < 1.29 is 19.1 Å². The van der Waals surface area contributed by atoms with Gasteiger partial charge in [0.2, 0.25) is 0 Å². The number of nitrogens with zero attached hydrogens (tertiary/aromatic N) is 1. The molecule has 0 fully saturated rings. The first kappa shape index (κ1) is 16.6. The van der Waals surface area contributed by atoms with Gasteiger partial charge in [-0.15, -0.1) is 11.3 Å². The van der Waals surface area contributed by atoms with E-state index in [2.05, 4.69) is 10.5 Å². The van der Waals surface area contributed by atoms with Crippen LogP contribution in [0, 0.1) is 0 Å². The first-order valence-electron chi connectivity index (χ1n) is 6.64. The van der Waals surface area contributed by atoms with Gasteiger partial charge in [0.25, 0.3) is 5.91 Å². The van der Waals surface area contributed by atoms with Crippen LogP contribution in [0.3, 0.4) is 0 Å². The number of ether oxygens (including phenoxy) is 2. The smallest absolute Gasteiger partial charge is 0.265 e. The molecule has 0 aliphatic rings. The predicted molar refractivity (Wildman–Crippen MR) is 89.2 cm³/mol. The lowest BCUT2D eigenvalue weighted by atomic mass is 10.2. The molecule has 0 spiro atoms. The van der Waals surface area contributed by atoms with Gasteiger partial charge in [0.1, 0.15) is 11.5 Å². The zero-order valence-corrected chi connectivity index (χ0v) is 13.6. The number of amidine groups is 1. The lowest BCUT2D eigenvalue weighted by Crippen LogP contribution is -2.19. The minimum atomic E-state index is -0.372. The quantitative estimate of drug-likeness (QED) is 0.459. The standard InChI is InChI=1S/C15H17N3O4S/c1-20-11-6-10(7-12(8-11)21-2)17-14(19)9-22-18-15(16)13-4-3-5-23-13/h3-8H,9H2,1-2H3,(H2,16,18)(H,17,19). The van der Waals surface area contributed by atoms with E-state index in [1.54, 1.807) is 18.2 Å². The van der Waals surface area contributed by atoms with Crippen LogP contribution in [0.2, 0.25) is 0 Å². The van der Waals surface area contributed by atoms with Gasteiger partial charge in [-0.25, -0.2) is 0 Å². The fourth-order valence-corrected chi connectivity index (χ4v) is 2.33. The molecule has 23 heavy (non-hydrogen) atoms. The van der Waals surface area contributed by atoms with E-state index in [0.717, 1.165) is 4.88 Å². The Morgan fingerprint density at radius 1 is 1.26 bits per heavy atom. The molecule has 2 aromatic rings. The zero-order valence-electron chi connectivity index (χ0n) is 12.7. The molecular formula is C15H17N3O4S. The number of nitrogens with two attached hydrogens (primary N) is 1. The number of anilines is 1. The monoisotopic (exact) mass is 335 g/mol. The maximum atomic E-state index is 11.9. The second kappa shape index (κ2) is 8.04. The first-order chi connectivity index (χ1) is 11.1. The molecule has 1 amide bonds. The molecule has 0 bridgehead atoms. The molecule has 0 atom stereocenters. The van der Waals surface area contributed by atoms with Crippen LogP contribution in [-0.2, 0) is 9.63 Å². The minimum absolute atomic E-state index is 0.232. The lowest BCUT2D eigenvalue weighted by molar-refractivity contribution is -0.120. The third kappa shape index (κ3) is 4.89. The van der Waals surface area contributed by atoms with Gasteiger partial charge in [0, 0.05) is 23.9 Å². The van der Waals surface area contributed by atoms with Gasteiger partial charge in [0.05, 0.1) is 19.1 Å². The second-order valence-electron chi connectivity index (χ2n) is 4.38. The predicted octanol–water partition coefficient (Wildman–Crippen LogP) is 2.04. The van der Waals surface area contributed by atoms with Gasteiger partial charge < -0.3 is 25.4 Å². The number of carbonyl (C=O) groups excluding carboxylic acids is 1. The largest absolute Gasteiger partial charge is 0.497 e. The molecule has 0 saturated carbocycles. The minimum Gasteiger partial charge on any atom is -0.497 e. The Kier molecular flexibility index (Phi) is 5.81. The van der Waals surface area contributed by atoms with E-state index in [9.17, 15) is 4.79 Å². The average Bonchev–Trinajstić information content (AvgIpc) is 3.08. The molecule has 3 N–H and O–H groups in total. The molecule has 122 valence electrons. The molecular weight excluding hydrogens is 318 g/mol. The fourth-order valence-electron chi connectivity index (χ4n) is 1.71. The summed E-state index contributed by atoms with van der Waals surface area (Å²) in [6, 6.07) is 8.71. The number of nitrogens with one attached hydrogen (secondary N) is 1. The maximum Gasteiger partial charge on any atom is 0.265 e. The molecule has 1 heterocycles. The van der Waals surface area contributed by atoms with Gasteiger partial charge in [0.15, 0.2) is 12.4 Å². The van der Waals surface area contributed by atoms with E-state index < -0.39 is 0 Å². The van der Waals surface area contributed by atoms with Crippen LogP contribution in [0.15, 0.2) is 40.9 Å². The molecule has 0 aliphatic heterocycles. The van der Waals surface area contributed by atoms with Gasteiger partial charge in [-0.1, -0.05) is 11.2 Å². The van der Waals surface area contributed by atoms with Crippen molar-refractivity contribution in [3.05, 3.63) is 40.6 Å². The Morgan fingerprint density at radius 2 is 1.96 bits per heavy atom. The Hall–Kier alpha value is -2.74. The molecule has 1 aromatic carbocycles. The van der Waals surface area contributed by atoms with Crippen LogP contribution in [0.5, 0.6) is 11.5 Å². The van der Waals surface area contributed by atoms with E-state index in [1.165, 1.54) is 25.6 Å². The fraction of sp³-hybridized carbons (Fsp3) is 0.200. The SMILES string of the molecule is COc1cc(NC(=O)CO/N=C(\N)c2cccs2)cc(OC)c1. The summed E-state index contributed by atoms with van der Waals surface area (Å²) in [5, 5.41) is 8.25. The summed E-state index contributed by atoms with van der Waals surface area (Å²) < 4.78 is 10.3. The average molecular weight is 335 g/mol. The van der Waals surface area contributed by atoms with Crippen LogP contribution in [-0.4, -0.2) is 32.6 Å². The number of thiophene rings is 1. The summed E-state index contributed by atoms with van der Waals surface area (Å²) in [4.78, 5) is 17.6. The number of rotatable bonds is 7. The van der Waals surface area contributed by atoms with E-state index in [0.29, 0.717) is 17.2 Å². The van der Waals surface area contributed by atoms with Crippen molar-refractivity contribution >= 4 is 28.8 Å². The molecule has 0 aliphatic carbocycles. The molecule has 2 rings (SSSR count). The summed E-state index contributed by atoms with van der Waals surface area (Å²) in [5.74, 6) is 1.000. The van der Waals surface area contributed by atoms with Crippen LogP contribution < -0.4 is 20.5 Å². The summed E-state index contributed by atoms with van der Waals surface area (Å²) >= 11 is 1.44. The van der Waals surface area contributed by atoms with Crippen molar-refractivity contribution in [2.24, 2.45) is 10.9 Å². The van der Waals surface area contributed by atoms with Crippen molar-refractivity contribution in [1.82, 2.24) is 0 Å². The van der Waals surface area contributed by atoms with Gasteiger partial charge >= 0.3 is 0 Å². The van der Waals surface area contributed by atoms with Crippen molar-refractivity contribution in [3.63, 3.8) is 0 Å². The maximum absolute atomic E-state index is 11.9. The first-order valence-corrected chi connectivity index (χ1v) is 7.52. The van der Waals surface area contributed by atoms with E-state index in [-0.39, 0.29) is 18.3 Å². The summed E-state index contributed by atoms with van der Waals surface area (Å²) in [5.41, 5.74) is 6.26. The number of carbonyl (C=O) groups is 1. The van der Waals surface area contributed by atoms with E-state index in [1.807, 2.05) is 17.5 Å². The van der Waals surface area contributed by atoms with Gasteiger partial charge in [-0.05, 0) is 11.4 Å². The summed E-state index contributed by atoms with van der Waals surface area (Å²) in [6.45, 7) is -0.258. The Bertz CT molecular complexity index is 664. The van der Waals surface area contributed by atoms with Crippen LogP contribution >= 0.6 is 11.3 Å². The Balaban J connectivity index is 1.91. The summed E-state index contributed by atoms with van der Waals surface area (Å²) in [7, 11) is 3.07. The Labute approximate surface area is 137 Å². The molecule has 0 unspecified atom stereocenters.